The van der Waals surface area contributed by atoms with E-state index in [2.05, 4.69) is 19.2 Å². The first kappa shape index (κ1) is 15.7. The summed E-state index contributed by atoms with van der Waals surface area (Å²) in [5.74, 6) is -0.284. The first-order chi connectivity index (χ1) is 8.65. The third-order valence-electron chi connectivity index (χ3n) is 3.53. The third-order valence-corrected chi connectivity index (χ3v) is 3.82. The van der Waals surface area contributed by atoms with Gasteiger partial charge in [0.05, 0.1) is 9.95 Å². The Labute approximate surface area is 117 Å². The standard InChI is InChI=1S/C13H18ClFN2O2/c1-8(2)13(3,4)7-16-11-6-10(15)9(14)5-12(11)17(18)19/h5-6,8,16H,7H2,1-4H3. The SMILES string of the molecule is CC(C)C(C)(C)CNc1cc(F)c(Cl)cc1[N+](=O)[O-]. The number of benzene rings is 1. The Balaban J connectivity index is 3.01. The molecule has 0 atom stereocenters. The monoisotopic (exact) mass is 288 g/mol. The van der Waals surface area contributed by atoms with Crippen LogP contribution in [0, 0.1) is 27.3 Å². The van der Waals surface area contributed by atoms with E-state index in [0.717, 1.165) is 12.1 Å². The van der Waals surface area contributed by atoms with Crippen LogP contribution in [0.4, 0.5) is 15.8 Å². The highest BCUT2D eigenvalue weighted by atomic mass is 35.5. The number of rotatable bonds is 5. The molecule has 0 aliphatic rings. The predicted octanol–water partition coefficient (Wildman–Crippen LogP) is 4.48. The Morgan fingerprint density at radius 3 is 2.53 bits per heavy atom. The van der Waals surface area contributed by atoms with Crippen molar-refractivity contribution in [1.29, 1.82) is 0 Å². The Morgan fingerprint density at radius 2 is 2.05 bits per heavy atom. The summed E-state index contributed by atoms with van der Waals surface area (Å²) in [6.07, 6.45) is 0. The van der Waals surface area contributed by atoms with Crippen LogP contribution >= 0.6 is 11.6 Å². The van der Waals surface area contributed by atoms with Gasteiger partial charge in [-0.25, -0.2) is 4.39 Å². The van der Waals surface area contributed by atoms with E-state index in [1.54, 1.807) is 0 Å². The minimum Gasteiger partial charge on any atom is -0.379 e. The van der Waals surface area contributed by atoms with Crippen LogP contribution in [0.1, 0.15) is 27.7 Å². The van der Waals surface area contributed by atoms with Gasteiger partial charge in [-0.05, 0) is 11.3 Å². The number of hydrogen-bond acceptors (Lipinski definition) is 3. The van der Waals surface area contributed by atoms with Gasteiger partial charge >= 0.3 is 0 Å². The maximum Gasteiger partial charge on any atom is 0.294 e. The molecule has 0 saturated carbocycles. The molecular weight excluding hydrogens is 271 g/mol. The summed E-state index contributed by atoms with van der Waals surface area (Å²) in [5.41, 5.74) is -0.129. The van der Waals surface area contributed by atoms with Gasteiger partial charge in [0.15, 0.2) is 0 Å². The largest absolute Gasteiger partial charge is 0.379 e. The number of halogens is 2. The van der Waals surface area contributed by atoms with Crippen molar-refractivity contribution < 1.29 is 9.31 Å². The molecule has 0 bridgehead atoms. The molecule has 1 aromatic rings. The first-order valence-electron chi connectivity index (χ1n) is 6.02. The van der Waals surface area contributed by atoms with Gasteiger partial charge in [0.25, 0.3) is 5.69 Å². The van der Waals surface area contributed by atoms with Gasteiger partial charge in [0.2, 0.25) is 0 Å². The summed E-state index contributed by atoms with van der Waals surface area (Å²) in [5, 5.41) is 13.6. The van der Waals surface area contributed by atoms with E-state index in [1.807, 2.05) is 13.8 Å². The lowest BCUT2D eigenvalue weighted by Crippen LogP contribution is -2.28. The molecule has 6 heteroatoms. The van der Waals surface area contributed by atoms with Crippen molar-refractivity contribution in [3.05, 3.63) is 33.1 Å². The highest BCUT2D eigenvalue weighted by molar-refractivity contribution is 6.31. The number of hydrogen-bond donors (Lipinski definition) is 1. The van der Waals surface area contributed by atoms with Crippen LogP contribution in [0.5, 0.6) is 0 Å². The van der Waals surface area contributed by atoms with Crippen molar-refractivity contribution in [2.24, 2.45) is 11.3 Å². The van der Waals surface area contributed by atoms with Crippen LogP contribution in [-0.4, -0.2) is 11.5 Å². The highest BCUT2D eigenvalue weighted by Crippen LogP contribution is 2.32. The molecule has 0 aliphatic carbocycles. The molecule has 19 heavy (non-hydrogen) atoms. The Hall–Kier alpha value is -1.36. The van der Waals surface area contributed by atoms with E-state index in [0.29, 0.717) is 12.5 Å². The molecule has 4 nitrogen and oxygen atoms in total. The average molecular weight is 289 g/mol. The van der Waals surface area contributed by atoms with E-state index in [9.17, 15) is 14.5 Å². The zero-order valence-electron chi connectivity index (χ0n) is 11.5. The third kappa shape index (κ3) is 3.80. The van der Waals surface area contributed by atoms with E-state index >= 15 is 0 Å². The molecule has 1 N–H and O–H groups in total. The van der Waals surface area contributed by atoms with Gasteiger partial charge in [0.1, 0.15) is 11.5 Å². The molecule has 106 valence electrons. The molecule has 0 radical (unpaired) electrons. The molecule has 0 spiro atoms. The average Bonchev–Trinajstić information content (AvgIpc) is 2.29. The minimum absolute atomic E-state index is 0.0655. The highest BCUT2D eigenvalue weighted by Gasteiger charge is 2.24. The number of nitrogens with zero attached hydrogens (tertiary/aromatic N) is 1. The van der Waals surface area contributed by atoms with Crippen LogP contribution in [0.2, 0.25) is 5.02 Å². The van der Waals surface area contributed by atoms with Crippen molar-refractivity contribution in [2.45, 2.75) is 27.7 Å². The van der Waals surface area contributed by atoms with Crippen molar-refractivity contribution >= 4 is 23.0 Å². The second-order valence-corrected chi connectivity index (χ2v) is 5.94. The van der Waals surface area contributed by atoms with Gasteiger partial charge in [-0.15, -0.1) is 0 Å². The minimum atomic E-state index is -0.669. The Morgan fingerprint density at radius 1 is 1.47 bits per heavy atom. The van der Waals surface area contributed by atoms with Crippen LogP contribution in [-0.2, 0) is 0 Å². The molecule has 0 heterocycles. The normalized spacial score (nSPS) is 11.7. The lowest BCUT2D eigenvalue weighted by Gasteiger charge is -2.29. The second kappa shape index (κ2) is 5.74. The quantitative estimate of drug-likeness (QED) is 0.642. The van der Waals surface area contributed by atoms with Crippen LogP contribution < -0.4 is 5.32 Å². The number of nitrogens with one attached hydrogen (secondary N) is 1. The first-order valence-corrected chi connectivity index (χ1v) is 6.40. The van der Waals surface area contributed by atoms with Gasteiger partial charge in [-0.1, -0.05) is 39.3 Å². The maximum absolute atomic E-state index is 13.4. The lowest BCUT2D eigenvalue weighted by atomic mass is 9.81. The summed E-state index contributed by atoms with van der Waals surface area (Å²) < 4.78 is 13.4. The van der Waals surface area contributed by atoms with E-state index in [4.69, 9.17) is 11.6 Å². The summed E-state index contributed by atoms with van der Waals surface area (Å²) in [6.45, 7) is 8.73. The molecule has 0 amide bonds. The van der Waals surface area contributed by atoms with Gasteiger partial charge < -0.3 is 5.32 Å². The molecule has 0 unspecified atom stereocenters. The molecule has 0 fully saturated rings. The van der Waals surface area contributed by atoms with Crippen molar-refractivity contribution in [3.63, 3.8) is 0 Å². The van der Waals surface area contributed by atoms with E-state index in [1.165, 1.54) is 0 Å². The number of anilines is 1. The van der Waals surface area contributed by atoms with Gasteiger partial charge in [-0.2, -0.15) is 0 Å². The molecule has 1 aromatic carbocycles. The van der Waals surface area contributed by atoms with Crippen LogP contribution in [0.15, 0.2) is 12.1 Å². The fraction of sp³-hybridized carbons (Fsp3) is 0.538. The number of nitro groups is 1. The smallest absolute Gasteiger partial charge is 0.294 e. The van der Waals surface area contributed by atoms with Crippen molar-refractivity contribution in [3.8, 4) is 0 Å². The maximum atomic E-state index is 13.4. The summed E-state index contributed by atoms with van der Waals surface area (Å²) in [7, 11) is 0. The molecular formula is C13H18ClFN2O2. The van der Waals surface area contributed by atoms with E-state index < -0.39 is 10.7 Å². The molecule has 0 aliphatic heterocycles. The second-order valence-electron chi connectivity index (χ2n) is 5.54. The molecule has 1 rings (SSSR count). The zero-order valence-corrected chi connectivity index (χ0v) is 12.2. The molecule has 0 aromatic heterocycles. The topological polar surface area (TPSA) is 55.2 Å². The number of nitro benzene ring substituents is 1. The fourth-order valence-corrected chi connectivity index (χ4v) is 1.51. The van der Waals surface area contributed by atoms with Crippen molar-refractivity contribution in [2.75, 3.05) is 11.9 Å². The van der Waals surface area contributed by atoms with Crippen LogP contribution in [0.25, 0.3) is 0 Å². The molecule has 0 saturated heterocycles. The predicted molar refractivity (Wildman–Crippen MR) is 75.2 cm³/mol. The zero-order chi connectivity index (χ0) is 14.8. The van der Waals surface area contributed by atoms with Gasteiger partial charge in [0, 0.05) is 18.7 Å². The summed E-state index contributed by atoms with van der Waals surface area (Å²) in [4.78, 5) is 10.4. The van der Waals surface area contributed by atoms with Crippen LogP contribution in [0.3, 0.4) is 0 Å². The van der Waals surface area contributed by atoms with Crippen molar-refractivity contribution in [1.82, 2.24) is 0 Å². The lowest BCUT2D eigenvalue weighted by molar-refractivity contribution is -0.384. The Kier molecular flexibility index (Phi) is 4.74. The summed E-state index contributed by atoms with van der Waals surface area (Å²) >= 11 is 5.56. The Bertz CT molecular complexity index is 490. The van der Waals surface area contributed by atoms with E-state index in [-0.39, 0.29) is 21.8 Å². The fourth-order valence-electron chi connectivity index (χ4n) is 1.36. The van der Waals surface area contributed by atoms with Gasteiger partial charge in [-0.3, -0.25) is 10.1 Å². The summed E-state index contributed by atoms with van der Waals surface area (Å²) in [6, 6.07) is 2.10.